The third kappa shape index (κ3) is 2.87. The van der Waals surface area contributed by atoms with Crippen LogP contribution in [0.1, 0.15) is 44.1 Å². The molecule has 1 nitrogen and oxygen atoms in total. The molecule has 0 saturated heterocycles. The molecular weight excluding hydrogens is 258 g/mol. The van der Waals surface area contributed by atoms with Crippen molar-refractivity contribution >= 4 is 6.08 Å². The Bertz CT molecular complexity index is 502. The van der Waals surface area contributed by atoms with Gasteiger partial charge in [-0.2, -0.15) is 4.39 Å². The summed E-state index contributed by atoms with van der Waals surface area (Å²) in [7, 11) is 0. The summed E-state index contributed by atoms with van der Waals surface area (Å²) in [6.07, 6.45) is 10.7. The zero-order valence-corrected chi connectivity index (χ0v) is 11.6. The first-order chi connectivity index (χ1) is 9.74. The molecule has 0 amide bonds. The Morgan fingerprint density at radius 2 is 1.80 bits per heavy atom. The Balaban J connectivity index is 1.66. The van der Waals surface area contributed by atoms with Crippen molar-refractivity contribution in [1.29, 1.82) is 0 Å². The molecule has 0 bridgehead atoms. The second-order valence-electron chi connectivity index (χ2n) is 5.94. The number of rotatable bonds is 5. The van der Waals surface area contributed by atoms with Gasteiger partial charge in [0, 0.05) is 5.56 Å². The van der Waals surface area contributed by atoms with Gasteiger partial charge in [-0.3, -0.25) is 0 Å². The molecule has 108 valence electrons. The van der Waals surface area contributed by atoms with Gasteiger partial charge >= 0.3 is 0 Å². The number of hydrogen-bond donors (Lipinski definition) is 0. The van der Waals surface area contributed by atoms with E-state index in [0.717, 1.165) is 25.7 Å². The lowest BCUT2D eigenvalue weighted by molar-refractivity contribution is 0.174. The minimum Gasteiger partial charge on any atom is -0.490 e. The molecule has 0 spiro atoms. The highest BCUT2D eigenvalue weighted by molar-refractivity contribution is 5.52. The van der Waals surface area contributed by atoms with E-state index >= 15 is 0 Å². The Morgan fingerprint density at radius 1 is 1.05 bits per heavy atom. The summed E-state index contributed by atoms with van der Waals surface area (Å²) in [5.41, 5.74) is 0.311. The molecule has 0 heterocycles. The fourth-order valence-corrected chi connectivity index (χ4v) is 2.53. The highest BCUT2D eigenvalue weighted by atomic mass is 19.2. The largest absolute Gasteiger partial charge is 0.490 e. The Kier molecular flexibility index (Phi) is 4.04. The van der Waals surface area contributed by atoms with E-state index in [4.69, 9.17) is 4.74 Å². The predicted octanol–water partition coefficient (Wildman–Crippen LogP) is 4.96. The quantitative estimate of drug-likeness (QED) is 0.740. The third-order valence-electron chi connectivity index (χ3n) is 4.47. The molecule has 0 radical (unpaired) electrons. The summed E-state index contributed by atoms with van der Waals surface area (Å²) in [6, 6.07) is 3.14. The van der Waals surface area contributed by atoms with Crippen LogP contribution in [0.5, 0.6) is 5.75 Å². The van der Waals surface area contributed by atoms with Gasteiger partial charge in [-0.05, 0) is 49.7 Å². The van der Waals surface area contributed by atoms with Crippen molar-refractivity contribution in [2.45, 2.75) is 38.5 Å². The van der Waals surface area contributed by atoms with Crippen LogP contribution in [-0.2, 0) is 0 Å². The highest BCUT2D eigenvalue weighted by Crippen LogP contribution is 2.31. The summed E-state index contributed by atoms with van der Waals surface area (Å²) in [6.45, 7) is 0.494. The van der Waals surface area contributed by atoms with E-state index in [1.54, 1.807) is 12.1 Å². The van der Waals surface area contributed by atoms with Gasteiger partial charge in [-0.15, -0.1) is 0 Å². The van der Waals surface area contributed by atoms with E-state index in [1.165, 1.54) is 18.9 Å². The second-order valence-corrected chi connectivity index (χ2v) is 5.94. The van der Waals surface area contributed by atoms with E-state index < -0.39 is 11.6 Å². The van der Waals surface area contributed by atoms with Gasteiger partial charge in [-0.1, -0.05) is 25.0 Å². The molecule has 0 atom stereocenters. The molecule has 0 unspecified atom stereocenters. The van der Waals surface area contributed by atoms with Crippen LogP contribution in [0.25, 0.3) is 6.08 Å². The van der Waals surface area contributed by atoms with E-state index in [9.17, 15) is 8.78 Å². The van der Waals surface area contributed by atoms with Crippen LogP contribution in [0.4, 0.5) is 8.78 Å². The molecule has 3 rings (SSSR count). The zero-order chi connectivity index (χ0) is 13.9. The van der Waals surface area contributed by atoms with Crippen LogP contribution in [0.3, 0.4) is 0 Å². The summed E-state index contributed by atoms with van der Waals surface area (Å²) in [5.74, 6) is -0.579. The topological polar surface area (TPSA) is 9.23 Å². The lowest BCUT2D eigenvalue weighted by Gasteiger charge is -2.25. The van der Waals surface area contributed by atoms with Gasteiger partial charge < -0.3 is 4.74 Å². The number of allylic oxidation sites excluding steroid dienone is 1. The summed E-state index contributed by atoms with van der Waals surface area (Å²) in [4.78, 5) is 0. The van der Waals surface area contributed by atoms with Gasteiger partial charge in [0.05, 0.1) is 6.61 Å². The van der Waals surface area contributed by atoms with Gasteiger partial charge in [-0.25, -0.2) is 4.39 Å². The molecule has 1 aromatic carbocycles. The first kappa shape index (κ1) is 13.6. The van der Waals surface area contributed by atoms with Crippen molar-refractivity contribution in [3.63, 3.8) is 0 Å². The summed E-state index contributed by atoms with van der Waals surface area (Å²) >= 11 is 0. The zero-order valence-electron chi connectivity index (χ0n) is 11.6. The lowest BCUT2D eigenvalue weighted by Crippen LogP contribution is -2.19. The number of hydrogen-bond acceptors (Lipinski definition) is 1. The Labute approximate surface area is 118 Å². The smallest absolute Gasteiger partial charge is 0.201 e. The molecule has 3 heteroatoms. The number of ether oxygens (including phenoxy) is 1. The van der Waals surface area contributed by atoms with Crippen LogP contribution in [-0.4, -0.2) is 6.61 Å². The third-order valence-corrected chi connectivity index (χ3v) is 4.47. The molecule has 0 aromatic heterocycles. The molecule has 20 heavy (non-hydrogen) atoms. The molecule has 2 aliphatic rings. The van der Waals surface area contributed by atoms with Gasteiger partial charge in [0.15, 0.2) is 11.6 Å². The average Bonchev–Trinajstić information content (AvgIpc) is 2.33. The van der Waals surface area contributed by atoms with Crippen LogP contribution in [0.2, 0.25) is 0 Å². The van der Waals surface area contributed by atoms with Crippen LogP contribution in [0.15, 0.2) is 18.2 Å². The number of halogens is 2. The van der Waals surface area contributed by atoms with Crippen molar-refractivity contribution < 1.29 is 13.5 Å². The molecule has 0 aliphatic heterocycles. The Hall–Kier alpha value is -1.38. The minimum absolute atomic E-state index is 0.0372. The van der Waals surface area contributed by atoms with Crippen LogP contribution in [0, 0.1) is 23.5 Å². The predicted molar refractivity (Wildman–Crippen MR) is 75.6 cm³/mol. The van der Waals surface area contributed by atoms with Gasteiger partial charge in [0.1, 0.15) is 0 Å². The highest BCUT2D eigenvalue weighted by Gasteiger charge is 2.20. The maximum Gasteiger partial charge on any atom is 0.201 e. The molecule has 2 fully saturated rings. The number of benzene rings is 1. The normalized spacial score (nSPS) is 19.9. The van der Waals surface area contributed by atoms with Crippen LogP contribution < -0.4 is 4.74 Å². The van der Waals surface area contributed by atoms with Crippen LogP contribution >= 0.6 is 0 Å². The van der Waals surface area contributed by atoms with Crippen molar-refractivity contribution in [2.75, 3.05) is 6.61 Å². The van der Waals surface area contributed by atoms with Crippen molar-refractivity contribution in [2.24, 2.45) is 11.8 Å². The SMILES string of the molecule is Fc1c(/C=C/C2CCC2)ccc(OCC2CCC2)c1F. The fourth-order valence-electron chi connectivity index (χ4n) is 2.53. The van der Waals surface area contributed by atoms with E-state index in [1.807, 2.05) is 6.08 Å². The van der Waals surface area contributed by atoms with Crippen molar-refractivity contribution in [1.82, 2.24) is 0 Å². The van der Waals surface area contributed by atoms with E-state index in [2.05, 4.69) is 0 Å². The van der Waals surface area contributed by atoms with Gasteiger partial charge in [0.25, 0.3) is 0 Å². The fraction of sp³-hybridized carbons (Fsp3) is 0.529. The lowest BCUT2D eigenvalue weighted by atomic mass is 9.85. The maximum absolute atomic E-state index is 13.9. The Morgan fingerprint density at radius 3 is 2.40 bits per heavy atom. The minimum atomic E-state index is -0.861. The van der Waals surface area contributed by atoms with E-state index in [-0.39, 0.29) is 5.75 Å². The van der Waals surface area contributed by atoms with Crippen molar-refractivity contribution in [3.8, 4) is 5.75 Å². The average molecular weight is 278 g/mol. The molecule has 1 aromatic rings. The molecule has 0 N–H and O–H groups in total. The first-order valence-corrected chi connectivity index (χ1v) is 7.53. The summed E-state index contributed by atoms with van der Waals surface area (Å²) in [5, 5.41) is 0. The maximum atomic E-state index is 13.9. The standard InChI is InChI=1S/C17H20F2O/c18-16-14(8-7-12-3-1-4-12)9-10-15(17(16)19)20-11-13-5-2-6-13/h7-10,12-13H,1-6,11H2/b8-7+. The molecule has 2 saturated carbocycles. The molecule has 2 aliphatic carbocycles. The monoisotopic (exact) mass is 278 g/mol. The van der Waals surface area contributed by atoms with E-state index in [0.29, 0.717) is 24.0 Å². The molecular formula is C17H20F2O. The van der Waals surface area contributed by atoms with Crippen molar-refractivity contribution in [3.05, 3.63) is 35.4 Å². The van der Waals surface area contributed by atoms with Gasteiger partial charge in [0.2, 0.25) is 5.82 Å². The first-order valence-electron chi connectivity index (χ1n) is 7.53. The summed E-state index contributed by atoms with van der Waals surface area (Å²) < 4.78 is 33.3. The second kappa shape index (κ2) is 5.94.